The summed E-state index contributed by atoms with van der Waals surface area (Å²) < 4.78 is 17.9. The van der Waals surface area contributed by atoms with Crippen LogP contribution in [-0.2, 0) is 16.1 Å². The van der Waals surface area contributed by atoms with Gasteiger partial charge in [0.05, 0.1) is 13.5 Å². The minimum absolute atomic E-state index is 0. The molecule has 2 N–H and O–H groups in total. The average Bonchev–Trinajstić information content (AvgIpc) is 2.43. The lowest BCUT2D eigenvalue weighted by atomic mass is 10.2. The molecule has 7 heteroatoms. The van der Waals surface area contributed by atoms with Gasteiger partial charge < -0.3 is 15.4 Å². The van der Waals surface area contributed by atoms with Gasteiger partial charge in [-0.25, -0.2) is 4.39 Å². The molecule has 0 aliphatic carbocycles. The van der Waals surface area contributed by atoms with Gasteiger partial charge in [0.15, 0.2) is 5.96 Å². The highest BCUT2D eigenvalue weighted by atomic mass is 127. The van der Waals surface area contributed by atoms with Crippen LogP contribution in [0.25, 0.3) is 0 Å². The molecule has 0 heterocycles. The van der Waals surface area contributed by atoms with Gasteiger partial charge in [0.25, 0.3) is 0 Å². The SMILES string of the molecule is CN=C(NCCC(=O)OC)NCc1ccccc1F.I. The van der Waals surface area contributed by atoms with E-state index in [2.05, 4.69) is 20.4 Å². The maximum absolute atomic E-state index is 13.4. The van der Waals surface area contributed by atoms with Gasteiger partial charge in [-0.05, 0) is 6.07 Å². The van der Waals surface area contributed by atoms with E-state index in [0.29, 0.717) is 24.6 Å². The number of carbonyl (C=O) groups is 1. The quantitative estimate of drug-likeness (QED) is 0.345. The Morgan fingerprint density at radius 2 is 2.05 bits per heavy atom. The Morgan fingerprint density at radius 1 is 1.35 bits per heavy atom. The molecule has 0 amide bonds. The molecule has 0 unspecified atom stereocenters. The highest BCUT2D eigenvalue weighted by Gasteiger charge is 2.04. The molecule has 1 rings (SSSR count). The number of hydrogen-bond donors (Lipinski definition) is 2. The van der Waals surface area contributed by atoms with Gasteiger partial charge in [0.1, 0.15) is 5.82 Å². The Balaban J connectivity index is 0.00000361. The van der Waals surface area contributed by atoms with E-state index >= 15 is 0 Å². The molecule has 1 aromatic rings. The second-order valence-corrected chi connectivity index (χ2v) is 3.77. The monoisotopic (exact) mass is 395 g/mol. The van der Waals surface area contributed by atoms with Crippen LogP contribution in [0.15, 0.2) is 29.3 Å². The zero-order valence-corrected chi connectivity index (χ0v) is 13.8. The molecular weight excluding hydrogens is 376 g/mol. The molecule has 0 bridgehead atoms. The minimum Gasteiger partial charge on any atom is -0.469 e. The van der Waals surface area contributed by atoms with Gasteiger partial charge >= 0.3 is 5.97 Å². The van der Waals surface area contributed by atoms with Crippen LogP contribution < -0.4 is 10.6 Å². The molecule has 20 heavy (non-hydrogen) atoms. The standard InChI is InChI=1S/C13H18FN3O2.HI/c1-15-13(16-8-7-12(18)19-2)17-9-10-5-3-4-6-11(10)14;/h3-6H,7-9H2,1-2H3,(H2,15,16,17);1H. The van der Waals surface area contributed by atoms with Crippen molar-refractivity contribution in [3.05, 3.63) is 35.6 Å². The fourth-order valence-electron chi connectivity index (χ4n) is 1.43. The third-order valence-electron chi connectivity index (χ3n) is 2.48. The number of hydrogen-bond acceptors (Lipinski definition) is 3. The Kier molecular flexibility index (Phi) is 9.69. The van der Waals surface area contributed by atoms with Crippen molar-refractivity contribution < 1.29 is 13.9 Å². The molecule has 0 spiro atoms. The number of aliphatic imine (C=N–C) groups is 1. The van der Waals surface area contributed by atoms with E-state index in [1.807, 2.05) is 0 Å². The van der Waals surface area contributed by atoms with Crippen LogP contribution in [0.5, 0.6) is 0 Å². The summed E-state index contributed by atoms with van der Waals surface area (Å²) in [7, 11) is 2.95. The number of esters is 1. The highest BCUT2D eigenvalue weighted by molar-refractivity contribution is 14.0. The van der Waals surface area contributed by atoms with Crippen molar-refractivity contribution >= 4 is 35.9 Å². The van der Waals surface area contributed by atoms with Crippen molar-refractivity contribution in [2.75, 3.05) is 20.7 Å². The van der Waals surface area contributed by atoms with Crippen molar-refractivity contribution in [2.45, 2.75) is 13.0 Å². The van der Waals surface area contributed by atoms with Crippen molar-refractivity contribution in [2.24, 2.45) is 4.99 Å². The normalized spacial score (nSPS) is 10.4. The predicted octanol–water partition coefficient (Wildman–Crippen LogP) is 1.67. The van der Waals surface area contributed by atoms with Crippen LogP contribution in [0, 0.1) is 5.82 Å². The first-order valence-electron chi connectivity index (χ1n) is 5.92. The van der Waals surface area contributed by atoms with Crippen LogP contribution in [0.4, 0.5) is 4.39 Å². The largest absolute Gasteiger partial charge is 0.469 e. The summed E-state index contributed by atoms with van der Waals surface area (Å²) in [6.45, 7) is 0.730. The van der Waals surface area contributed by atoms with Crippen molar-refractivity contribution in [1.82, 2.24) is 10.6 Å². The fourth-order valence-corrected chi connectivity index (χ4v) is 1.43. The van der Waals surface area contributed by atoms with Crippen molar-refractivity contribution in [3.8, 4) is 0 Å². The summed E-state index contributed by atoms with van der Waals surface area (Å²) in [4.78, 5) is 14.9. The van der Waals surface area contributed by atoms with Gasteiger partial charge in [-0.2, -0.15) is 0 Å². The maximum atomic E-state index is 13.4. The predicted molar refractivity (Wildman–Crippen MR) is 86.6 cm³/mol. The number of halogens is 2. The van der Waals surface area contributed by atoms with E-state index in [1.165, 1.54) is 13.2 Å². The number of carbonyl (C=O) groups excluding carboxylic acids is 1. The number of guanidine groups is 1. The fraction of sp³-hybridized carbons (Fsp3) is 0.385. The Bertz CT molecular complexity index is 455. The van der Waals surface area contributed by atoms with E-state index in [9.17, 15) is 9.18 Å². The third kappa shape index (κ3) is 6.69. The molecule has 0 fully saturated rings. The lowest BCUT2D eigenvalue weighted by Crippen LogP contribution is -2.38. The number of nitrogens with one attached hydrogen (secondary N) is 2. The first-order valence-corrected chi connectivity index (χ1v) is 5.92. The van der Waals surface area contributed by atoms with Crippen LogP contribution >= 0.6 is 24.0 Å². The molecule has 1 aromatic carbocycles. The topological polar surface area (TPSA) is 62.7 Å². The zero-order valence-electron chi connectivity index (χ0n) is 11.5. The smallest absolute Gasteiger partial charge is 0.307 e. The second-order valence-electron chi connectivity index (χ2n) is 3.77. The first-order chi connectivity index (χ1) is 9.17. The Hall–Kier alpha value is -1.38. The molecule has 0 saturated heterocycles. The molecule has 0 saturated carbocycles. The van der Waals surface area contributed by atoms with E-state index in [1.54, 1.807) is 25.2 Å². The molecule has 112 valence electrons. The molecule has 0 atom stereocenters. The number of ether oxygens (including phenoxy) is 1. The molecule has 5 nitrogen and oxygen atoms in total. The van der Waals surface area contributed by atoms with Crippen molar-refractivity contribution in [1.29, 1.82) is 0 Å². The average molecular weight is 395 g/mol. The molecule has 0 radical (unpaired) electrons. The van der Waals surface area contributed by atoms with Gasteiger partial charge in [-0.3, -0.25) is 9.79 Å². The summed E-state index contributed by atoms with van der Waals surface area (Å²) in [5.41, 5.74) is 0.554. The van der Waals surface area contributed by atoms with E-state index in [-0.39, 0.29) is 42.2 Å². The van der Waals surface area contributed by atoms with Crippen molar-refractivity contribution in [3.63, 3.8) is 0 Å². The van der Waals surface area contributed by atoms with Crippen LogP contribution in [0.3, 0.4) is 0 Å². The van der Waals surface area contributed by atoms with Crippen LogP contribution in [0.2, 0.25) is 0 Å². The minimum atomic E-state index is -0.294. The summed E-state index contributed by atoms with van der Waals surface area (Å²) >= 11 is 0. The van der Waals surface area contributed by atoms with E-state index < -0.39 is 0 Å². The Labute approximate surface area is 135 Å². The summed E-state index contributed by atoms with van der Waals surface area (Å²) in [5, 5.41) is 5.91. The van der Waals surface area contributed by atoms with Gasteiger partial charge in [-0.15, -0.1) is 24.0 Å². The summed E-state index contributed by atoms with van der Waals surface area (Å²) in [5.74, 6) is -0.0516. The maximum Gasteiger partial charge on any atom is 0.307 e. The van der Waals surface area contributed by atoms with Crippen LogP contribution in [-0.4, -0.2) is 32.6 Å². The van der Waals surface area contributed by atoms with Gasteiger partial charge in [-0.1, -0.05) is 18.2 Å². The second kappa shape index (κ2) is 10.4. The molecule has 0 aliphatic rings. The van der Waals surface area contributed by atoms with E-state index in [0.717, 1.165) is 0 Å². The number of benzene rings is 1. The molecule has 0 aliphatic heterocycles. The summed E-state index contributed by atoms with van der Waals surface area (Å²) in [6.07, 6.45) is 0.247. The Morgan fingerprint density at radius 3 is 2.65 bits per heavy atom. The lowest BCUT2D eigenvalue weighted by Gasteiger charge is -2.11. The number of rotatable bonds is 5. The zero-order chi connectivity index (χ0) is 14.1. The van der Waals surface area contributed by atoms with Crippen LogP contribution in [0.1, 0.15) is 12.0 Å². The first kappa shape index (κ1) is 18.6. The van der Waals surface area contributed by atoms with Gasteiger partial charge in [0.2, 0.25) is 0 Å². The number of nitrogens with zero attached hydrogens (tertiary/aromatic N) is 1. The highest BCUT2D eigenvalue weighted by Crippen LogP contribution is 2.05. The third-order valence-corrected chi connectivity index (χ3v) is 2.48. The molecular formula is C13H19FIN3O2. The van der Waals surface area contributed by atoms with E-state index in [4.69, 9.17) is 0 Å². The summed E-state index contributed by atoms with van der Waals surface area (Å²) in [6, 6.07) is 6.52. The van der Waals surface area contributed by atoms with Gasteiger partial charge in [0, 0.05) is 25.7 Å². The molecule has 0 aromatic heterocycles. The number of methoxy groups -OCH3 is 1. The lowest BCUT2D eigenvalue weighted by molar-refractivity contribution is -0.140.